The zero-order valence-corrected chi connectivity index (χ0v) is 7.50. The number of carboxylic acid groups (broad SMARTS) is 1. The summed E-state index contributed by atoms with van der Waals surface area (Å²) >= 11 is 0. The number of aromatic nitrogens is 1. The smallest absolute Gasteiger partial charge is 0.354 e. The molecule has 0 saturated heterocycles. The lowest BCUT2D eigenvalue weighted by Gasteiger charge is -2.01. The van der Waals surface area contributed by atoms with Gasteiger partial charge in [-0.25, -0.2) is 4.79 Å². The normalized spacial score (nSPS) is 14.5. The molecule has 0 aromatic carbocycles. The molecule has 1 aliphatic rings. The molecule has 13 heavy (non-hydrogen) atoms. The molecule has 1 aliphatic carbocycles. The van der Waals surface area contributed by atoms with Crippen molar-refractivity contribution in [2.24, 2.45) is 7.05 Å². The molecule has 0 unspecified atom stereocenters. The van der Waals surface area contributed by atoms with E-state index in [2.05, 4.69) is 0 Å². The van der Waals surface area contributed by atoms with Gasteiger partial charge in [-0.3, -0.25) is 0 Å². The molecule has 0 spiro atoms. The summed E-state index contributed by atoms with van der Waals surface area (Å²) in [7, 11) is 1.77. The predicted molar refractivity (Wildman–Crippen MR) is 48.8 cm³/mol. The zero-order chi connectivity index (χ0) is 9.59. The fourth-order valence-electron chi connectivity index (χ4n) is 2.11. The van der Waals surface area contributed by atoms with Crippen molar-refractivity contribution in [2.75, 3.05) is 5.73 Å². The molecule has 2 rings (SSSR count). The molecule has 4 heteroatoms. The second-order valence-corrected chi connectivity index (χ2v) is 3.41. The standard InChI is InChI=1S/C9H12N2O2/c1-11-6-4-2-3-5(6)7(10)8(11)9(12)13/h2-4,10H2,1H3,(H,12,13). The Bertz CT molecular complexity index is 352. The van der Waals surface area contributed by atoms with Gasteiger partial charge in [0, 0.05) is 12.7 Å². The molecule has 1 aromatic rings. The summed E-state index contributed by atoms with van der Waals surface area (Å²) < 4.78 is 1.71. The maximum Gasteiger partial charge on any atom is 0.354 e. The zero-order valence-electron chi connectivity index (χ0n) is 7.50. The number of nitrogen functional groups attached to an aromatic ring is 1. The van der Waals surface area contributed by atoms with Gasteiger partial charge in [0.2, 0.25) is 0 Å². The average Bonchev–Trinajstić information content (AvgIpc) is 2.56. The number of nitrogens with zero attached hydrogens (tertiary/aromatic N) is 1. The molecule has 70 valence electrons. The maximum atomic E-state index is 10.8. The van der Waals surface area contributed by atoms with Crippen LogP contribution in [0.4, 0.5) is 5.69 Å². The summed E-state index contributed by atoms with van der Waals surface area (Å²) in [6.07, 6.45) is 2.95. The van der Waals surface area contributed by atoms with Crippen LogP contribution in [0.2, 0.25) is 0 Å². The maximum absolute atomic E-state index is 10.8. The first-order valence-corrected chi connectivity index (χ1v) is 4.32. The second-order valence-electron chi connectivity index (χ2n) is 3.41. The van der Waals surface area contributed by atoms with Crippen LogP contribution >= 0.6 is 0 Å². The Morgan fingerprint density at radius 1 is 1.54 bits per heavy atom. The van der Waals surface area contributed by atoms with Crippen LogP contribution in [-0.2, 0) is 19.9 Å². The van der Waals surface area contributed by atoms with Gasteiger partial charge in [-0.05, 0) is 24.8 Å². The van der Waals surface area contributed by atoms with Gasteiger partial charge in [0.15, 0.2) is 5.69 Å². The third-order valence-corrected chi connectivity index (χ3v) is 2.71. The van der Waals surface area contributed by atoms with Crippen LogP contribution < -0.4 is 5.73 Å². The summed E-state index contributed by atoms with van der Waals surface area (Å²) in [6, 6.07) is 0. The van der Waals surface area contributed by atoms with Crippen LogP contribution in [0.25, 0.3) is 0 Å². The van der Waals surface area contributed by atoms with Crippen LogP contribution in [-0.4, -0.2) is 15.6 Å². The van der Waals surface area contributed by atoms with E-state index >= 15 is 0 Å². The summed E-state index contributed by atoms with van der Waals surface area (Å²) in [5, 5.41) is 8.90. The molecule has 0 bridgehead atoms. The fourth-order valence-corrected chi connectivity index (χ4v) is 2.11. The Hall–Kier alpha value is -1.45. The molecule has 0 aliphatic heterocycles. The summed E-state index contributed by atoms with van der Waals surface area (Å²) in [5.41, 5.74) is 8.59. The van der Waals surface area contributed by atoms with Crippen molar-refractivity contribution in [3.63, 3.8) is 0 Å². The van der Waals surface area contributed by atoms with E-state index in [0.717, 1.165) is 30.5 Å². The molecule has 0 atom stereocenters. The van der Waals surface area contributed by atoms with Gasteiger partial charge in [0.25, 0.3) is 0 Å². The fraction of sp³-hybridized carbons (Fsp3) is 0.444. The van der Waals surface area contributed by atoms with Crippen LogP contribution in [0.1, 0.15) is 28.2 Å². The lowest BCUT2D eigenvalue weighted by atomic mass is 10.2. The molecular formula is C9H12N2O2. The Morgan fingerprint density at radius 2 is 2.23 bits per heavy atom. The minimum Gasteiger partial charge on any atom is -0.477 e. The van der Waals surface area contributed by atoms with Gasteiger partial charge in [0.05, 0.1) is 5.69 Å². The van der Waals surface area contributed by atoms with Crippen LogP contribution in [0, 0.1) is 0 Å². The van der Waals surface area contributed by atoms with E-state index in [0.29, 0.717) is 5.69 Å². The molecular weight excluding hydrogens is 168 g/mol. The first-order valence-electron chi connectivity index (χ1n) is 4.32. The molecule has 0 amide bonds. The number of hydrogen-bond donors (Lipinski definition) is 2. The molecule has 1 heterocycles. The number of nitrogens with two attached hydrogens (primary N) is 1. The Labute approximate surface area is 76.0 Å². The summed E-state index contributed by atoms with van der Waals surface area (Å²) in [5.74, 6) is -0.936. The second kappa shape index (κ2) is 2.52. The monoisotopic (exact) mass is 180 g/mol. The highest BCUT2D eigenvalue weighted by molar-refractivity contribution is 5.93. The molecule has 0 radical (unpaired) electrons. The van der Waals surface area contributed by atoms with Crippen molar-refractivity contribution < 1.29 is 9.90 Å². The van der Waals surface area contributed by atoms with Gasteiger partial charge >= 0.3 is 5.97 Å². The third kappa shape index (κ3) is 0.946. The molecule has 1 aromatic heterocycles. The number of hydrogen-bond acceptors (Lipinski definition) is 2. The molecule has 0 fully saturated rings. The van der Waals surface area contributed by atoms with E-state index in [-0.39, 0.29) is 5.69 Å². The van der Waals surface area contributed by atoms with Crippen LogP contribution in [0.5, 0.6) is 0 Å². The lowest BCUT2D eigenvalue weighted by molar-refractivity contribution is 0.0687. The minimum atomic E-state index is -0.936. The third-order valence-electron chi connectivity index (χ3n) is 2.71. The van der Waals surface area contributed by atoms with E-state index in [4.69, 9.17) is 10.8 Å². The van der Waals surface area contributed by atoms with E-state index in [9.17, 15) is 4.79 Å². The number of anilines is 1. The number of rotatable bonds is 1. The topological polar surface area (TPSA) is 68.2 Å². The Kier molecular flexibility index (Phi) is 1.58. The van der Waals surface area contributed by atoms with E-state index in [1.807, 2.05) is 0 Å². The summed E-state index contributed by atoms with van der Waals surface area (Å²) in [6.45, 7) is 0. The van der Waals surface area contributed by atoms with Crippen molar-refractivity contribution in [1.82, 2.24) is 4.57 Å². The average molecular weight is 180 g/mol. The summed E-state index contributed by atoms with van der Waals surface area (Å²) in [4.78, 5) is 10.8. The largest absolute Gasteiger partial charge is 0.477 e. The van der Waals surface area contributed by atoms with Gasteiger partial charge in [-0.2, -0.15) is 0 Å². The van der Waals surface area contributed by atoms with Gasteiger partial charge in [0.1, 0.15) is 0 Å². The first-order chi connectivity index (χ1) is 6.13. The lowest BCUT2D eigenvalue weighted by Crippen LogP contribution is -2.08. The van der Waals surface area contributed by atoms with Crippen molar-refractivity contribution in [3.05, 3.63) is 17.0 Å². The van der Waals surface area contributed by atoms with Crippen molar-refractivity contribution in [2.45, 2.75) is 19.3 Å². The molecule has 4 nitrogen and oxygen atoms in total. The Balaban J connectivity index is 2.66. The van der Waals surface area contributed by atoms with Gasteiger partial charge in [-0.15, -0.1) is 0 Å². The highest BCUT2D eigenvalue weighted by atomic mass is 16.4. The van der Waals surface area contributed by atoms with Gasteiger partial charge < -0.3 is 15.4 Å². The van der Waals surface area contributed by atoms with Crippen molar-refractivity contribution in [3.8, 4) is 0 Å². The first kappa shape index (κ1) is 8.16. The van der Waals surface area contributed by atoms with Crippen LogP contribution in [0.15, 0.2) is 0 Å². The van der Waals surface area contributed by atoms with Crippen LogP contribution in [0.3, 0.4) is 0 Å². The number of fused-ring (bicyclic) bond motifs is 1. The quantitative estimate of drug-likeness (QED) is 0.671. The Morgan fingerprint density at radius 3 is 2.77 bits per heavy atom. The van der Waals surface area contributed by atoms with Gasteiger partial charge in [-0.1, -0.05) is 0 Å². The minimum absolute atomic E-state index is 0.240. The number of carbonyl (C=O) groups is 1. The van der Waals surface area contributed by atoms with Crippen molar-refractivity contribution >= 4 is 11.7 Å². The molecule has 3 N–H and O–H groups in total. The SMILES string of the molecule is Cn1c2c(c(N)c1C(=O)O)CCC2. The highest BCUT2D eigenvalue weighted by Crippen LogP contribution is 2.31. The number of carboxylic acids is 1. The van der Waals surface area contributed by atoms with E-state index in [1.54, 1.807) is 11.6 Å². The predicted octanol–water partition coefficient (Wildman–Crippen LogP) is 0.794. The van der Waals surface area contributed by atoms with E-state index in [1.165, 1.54) is 0 Å². The van der Waals surface area contributed by atoms with Crippen molar-refractivity contribution in [1.29, 1.82) is 0 Å². The van der Waals surface area contributed by atoms with E-state index < -0.39 is 5.97 Å². The highest BCUT2D eigenvalue weighted by Gasteiger charge is 2.25. The molecule has 0 saturated carbocycles. The number of aromatic carboxylic acids is 1.